The van der Waals surface area contributed by atoms with E-state index >= 15 is 0 Å². The third-order valence-electron chi connectivity index (χ3n) is 4.85. The van der Waals surface area contributed by atoms with Gasteiger partial charge in [0.1, 0.15) is 11.4 Å². The number of benzene rings is 2. The fourth-order valence-corrected chi connectivity index (χ4v) is 4.43. The number of fused-ring (bicyclic) bond motifs is 1. The van der Waals surface area contributed by atoms with Crippen LogP contribution in [0, 0.1) is 5.82 Å². The van der Waals surface area contributed by atoms with Crippen molar-refractivity contribution in [2.24, 2.45) is 5.73 Å². The SMILES string of the molecule is Cl.NC1CCCN(C(=O)c2oc3ccccc3c2CSc2ccccc2F)C1. The van der Waals surface area contributed by atoms with Gasteiger partial charge in [0.25, 0.3) is 5.91 Å². The van der Waals surface area contributed by atoms with Gasteiger partial charge in [-0.2, -0.15) is 0 Å². The van der Waals surface area contributed by atoms with Gasteiger partial charge in [-0.05, 0) is 31.0 Å². The number of nitrogens with zero attached hydrogens (tertiary/aromatic N) is 1. The molecule has 1 atom stereocenters. The zero-order chi connectivity index (χ0) is 18.8. The molecule has 3 aromatic rings. The van der Waals surface area contributed by atoms with Crippen LogP contribution in [0.5, 0.6) is 0 Å². The summed E-state index contributed by atoms with van der Waals surface area (Å²) in [5, 5.41) is 0.894. The molecule has 7 heteroatoms. The fourth-order valence-electron chi connectivity index (χ4n) is 3.46. The molecule has 2 heterocycles. The van der Waals surface area contributed by atoms with Crippen LogP contribution in [0.3, 0.4) is 0 Å². The first-order chi connectivity index (χ1) is 13.1. The second-order valence-corrected chi connectivity index (χ2v) is 7.80. The van der Waals surface area contributed by atoms with Crippen LogP contribution in [-0.2, 0) is 5.75 Å². The molecule has 1 amide bonds. The first-order valence-electron chi connectivity index (χ1n) is 9.06. The monoisotopic (exact) mass is 420 g/mol. The van der Waals surface area contributed by atoms with E-state index in [1.165, 1.54) is 17.8 Å². The molecule has 1 unspecified atom stereocenters. The number of hydrogen-bond acceptors (Lipinski definition) is 4. The van der Waals surface area contributed by atoms with Gasteiger partial charge < -0.3 is 15.1 Å². The number of carbonyl (C=O) groups is 1. The zero-order valence-electron chi connectivity index (χ0n) is 15.3. The first-order valence-corrected chi connectivity index (χ1v) is 10.0. The number of thioether (sulfide) groups is 1. The lowest BCUT2D eigenvalue weighted by atomic mass is 10.1. The predicted molar refractivity (Wildman–Crippen MR) is 113 cm³/mol. The number of hydrogen-bond donors (Lipinski definition) is 1. The molecule has 4 nitrogen and oxygen atoms in total. The Bertz CT molecular complexity index is 978. The van der Waals surface area contributed by atoms with Crippen molar-refractivity contribution >= 4 is 41.0 Å². The topological polar surface area (TPSA) is 59.5 Å². The molecule has 1 aliphatic rings. The van der Waals surface area contributed by atoms with E-state index in [0.717, 1.165) is 23.8 Å². The van der Waals surface area contributed by atoms with E-state index in [1.807, 2.05) is 24.3 Å². The number of furan rings is 1. The molecule has 0 aliphatic carbocycles. The van der Waals surface area contributed by atoms with Crippen LogP contribution in [0.2, 0.25) is 0 Å². The molecule has 1 saturated heterocycles. The summed E-state index contributed by atoms with van der Waals surface area (Å²) in [6.45, 7) is 1.22. The average Bonchev–Trinajstić information content (AvgIpc) is 3.05. The van der Waals surface area contributed by atoms with Gasteiger partial charge in [-0.3, -0.25) is 4.79 Å². The van der Waals surface area contributed by atoms with Crippen LogP contribution in [0.25, 0.3) is 11.0 Å². The minimum absolute atomic E-state index is 0. The van der Waals surface area contributed by atoms with Crippen molar-refractivity contribution in [2.45, 2.75) is 29.5 Å². The summed E-state index contributed by atoms with van der Waals surface area (Å²) < 4.78 is 19.9. The van der Waals surface area contributed by atoms with Crippen molar-refractivity contribution in [1.82, 2.24) is 4.90 Å². The molecular weight excluding hydrogens is 399 g/mol. The highest BCUT2D eigenvalue weighted by molar-refractivity contribution is 7.98. The fraction of sp³-hybridized carbons (Fsp3) is 0.286. The lowest BCUT2D eigenvalue weighted by molar-refractivity contribution is 0.0678. The Morgan fingerprint density at radius 3 is 2.75 bits per heavy atom. The van der Waals surface area contributed by atoms with Gasteiger partial charge >= 0.3 is 0 Å². The normalized spacial score (nSPS) is 16.8. The number of likely N-dealkylation sites (tertiary alicyclic amines) is 1. The third kappa shape index (κ3) is 4.19. The molecule has 2 N–H and O–H groups in total. The number of piperidine rings is 1. The Morgan fingerprint density at radius 2 is 1.96 bits per heavy atom. The third-order valence-corrected chi connectivity index (χ3v) is 5.92. The lowest BCUT2D eigenvalue weighted by Crippen LogP contribution is -2.45. The van der Waals surface area contributed by atoms with Crippen LogP contribution in [-0.4, -0.2) is 29.9 Å². The Kier molecular flexibility index (Phi) is 6.65. The van der Waals surface area contributed by atoms with Gasteiger partial charge in [-0.25, -0.2) is 4.39 Å². The summed E-state index contributed by atoms with van der Waals surface area (Å²) in [6, 6.07) is 14.2. The summed E-state index contributed by atoms with van der Waals surface area (Å²) in [6.07, 6.45) is 1.83. The van der Waals surface area contributed by atoms with Crippen molar-refractivity contribution in [3.05, 3.63) is 65.7 Å². The van der Waals surface area contributed by atoms with Gasteiger partial charge in [-0.15, -0.1) is 24.2 Å². The minimum atomic E-state index is -0.259. The molecule has 4 rings (SSSR count). The van der Waals surface area contributed by atoms with Gasteiger partial charge in [0.15, 0.2) is 5.76 Å². The van der Waals surface area contributed by atoms with Gasteiger partial charge in [0.2, 0.25) is 0 Å². The lowest BCUT2D eigenvalue weighted by Gasteiger charge is -2.30. The van der Waals surface area contributed by atoms with E-state index in [1.54, 1.807) is 23.1 Å². The highest BCUT2D eigenvalue weighted by Gasteiger charge is 2.28. The molecule has 0 spiro atoms. The molecule has 148 valence electrons. The van der Waals surface area contributed by atoms with Crippen molar-refractivity contribution in [1.29, 1.82) is 0 Å². The Balaban J connectivity index is 0.00000225. The van der Waals surface area contributed by atoms with Crippen molar-refractivity contribution in [3.63, 3.8) is 0 Å². The molecule has 0 radical (unpaired) electrons. The van der Waals surface area contributed by atoms with Gasteiger partial charge in [0.05, 0.1) is 0 Å². The van der Waals surface area contributed by atoms with Crippen LogP contribution in [0.4, 0.5) is 4.39 Å². The predicted octanol–water partition coefficient (Wildman–Crippen LogP) is 4.85. The molecular formula is C21H22ClFN2O2S. The van der Waals surface area contributed by atoms with Gasteiger partial charge in [0, 0.05) is 40.7 Å². The molecule has 28 heavy (non-hydrogen) atoms. The number of nitrogens with two attached hydrogens (primary N) is 1. The van der Waals surface area contributed by atoms with Crippen molar-refractivity contribution in [3.8, 4) is 0 Å². The number of amides is 1. The van der Waals surface area contributed by atoms with Crippen LogP contribution >= 0.6 is 24.2 Å². The number of carbonyl (C=O) groups excluding carboxylic acids is 1. The summed E-state index contributed by atoms with van der Waals surface area (Å²) in [5.41, 5.74) is 7.52. The van der Waals surface area contributed by atoms with Crippen molar-refractivity contribution in [2.75, 3.05) is 13.1 Å². The maximum absolute atomic E-state index is 14.0. The zero-order valence-corrected chi connectivity index (χ0v) is 16.9. The summed E-state index contributed by atoms with van der Waals surface area (Å²) in [5.74, 6) is 0.406. The van der Waals surface area contributed by atoms with Gasteiger partial charge in [-0.1, -0.05) is 30.3 Å². The Labute approximate surface area is 173 Å². The quantitative estimate of drug-likeness (QED) is 0.613. The van der Waals surface area contributed by atoms with E-state index in [9.17, 15) is 9.18 Å². The average molecular weight is 421 g/mol. The maximum atomic E-state index is 14.0. The van der Waals surface area contributed by atoms with E-state index in [0.29, 0.717) is 35.1 Å². The van der Waals surface area contributed by atoms with Crippen LogP contribution in [0.15, 0.2) is 57.8 Å². The molecule has 1 aromatic heterocycles. The first kappa shape index (κ1) is 20.7. The highest BCUT2D eigenvalue weighted by Crippen LogP contribution is 2.33. The number of halogens is 2. The second-order valence-electron chi connectivity index (χ2n) is 6.78. The van der Waals surface area contributed by atoms with E-state index in [-0.39, 0.29) is 30.2 Å². The molecule has 0 bridgehead atoms. The summed E-state index contributed by atoms with van der Waals surface area (Å²) in [7, 11) is 0. The highest BCUT2D eigenvalue weighted by atomic mass is 35.5. The standard InChI is InChI=1S/C21H21FN2O2S.ClH/c22-17-8-2-4-10-19(17)27-13-16-15-7-1-3-9-18(15)26-20(16)21(25)24-11-5-6-14(23)12-24;/h1-4,7-10,14H,5-6,11-13,23H2;1H. The van der Waals surface area contributed by atoms with E-state index in [4.69, 9.17) is 10.2 Å². The second kappa shape index (κ2) is 8.99. The minimum Gasteiger partial charge on any atom is -0.451 e. The number of para-hydroxylation sites is 1. The maximum Gasteiger partial charge on any atom is 0.289 e. The number of rotatable bonds is 4. The summed E-state index contributed by atoms with van der Waals surface area (Å²) in [4.78, 5) is 15.4. The van der Waals surface area contributed by atoms with E-state index < -0.39 is 0 Å². The molecule has 0 saturated carbocycles. The van der Waals surface area contributed by atoms with Crippen LogP contribution < -0.4 is 5.73 Å². The molecule has 1 aliphatic heterocycles. The smallest absolute Gasteiger partial charge is 0.289 e. The van der Waals surface area contributed by atoms with Crippen LogP contribution in [0.1, 0.15) is 29.0 Å². The van der Waals surface area contributed by atoms with E-state index in [2.05, 4.69) is 0 Å². The summed E-state index contributed by atoms with van der Waals surface area (Å²) >= 11 is 1.37. The Morgan fingerprint density at radius 1 is 1.21 bits per heavy atom. The molecule has 1 fully saturated rings. The molecule has 2 aromatic carbocycles. The largest absolute Gasteiger partial charge is 0.451 e. The van der Waals surface area contributed by atoms with Crippen molar-refractivity contribution < 1.29 is 13.6 Å². The Hall–Kier alpha value is -2.02.